The lowest BCUT2D eigenvalue weighted by molar-refractivity contribution is -0.125. The minimum absolute atomic E-state index is 0.116. The third-order valence-electron chi connectivity index (χ3n) is 3.32. The monoisotopic (exact) mass is 240 g/mol. The number of allylic oxidation sites excluding steroid dienone is 2. The first-order chi connectivity index (χ1) is 7.66. The second-order valence-electron chi connectivity index (χ2n) is 4.41. The Kier molecular flexibility index (Phi) is 3.53. The molecule has 16 heavy (non-hydrogen) atoms. The summed E-state index contributed by atoms with van der Waals surface area (Å²) in [6.45, 7) is 0.910. The Balaban J connectivity index is 1.69. The molecule has 0 spiro atoms. The molecule has 0 saturated heterocycles. The molecule has 1 saturated carbocycles. The first-order valence-corrected chi connectivity index (χ1v) is 6.04. The maximum Gasteiger partial charge on any atom is 0.276 e. The zero-order valence-electron chi connectivity index (χ0n) is 8.98. The summed E-state index contributed by atoms with van der Waals surface area (Å²) in [5.74, 6) is 1.30. The number of thiol groups is 1. The largest absolute Gasteiger partial charge is 0.354 e. The molecule has 0 aliphatic heterocycles. The highest BCUT2D eigenvalue weighted by atomic mass is 32.1. The molecule has 0 aromatic carbocycles. The molecule has 0 heterocycles. The van der Waals surface area contributed by atoms with E-state index >= 15 is 0 Å². The first kappa shape index (κ1) is 11.5. The van der Waals surface area contributed by atoms with Crippen molar-refractivity contribution < 1.29 is 9.59 Å². The van der Waals surface area contributed by atoms with Gasteiger partial charge in [-0.2, -0.15) is 0 Å². The van der Waals surface area contributed by atoms with Crippen LogP contribution in [0.4, 0.5) is 4.79 Å². The van der Waals surface area contributed by atoms with Crippen LogP contribution in [0.15, 0.2) is 12.2 Å². The molecule has 0 unspecified atom stereocenters. The van der Waals surface area contributed by atoms with Crippen molar-refractivity contribution in [1.82, 2.24) is 10.6 Å². The summed E-state index contributed by atoms with van der Waals surface area (Å²) in [5.41, 5.74) is 0. The molecule has 2 N–H and O–H groups in total. The predicted octanol–water partition coefficient (Wildman–Crippen LogP) is 0.954. The van der Waals surface area contributed by atoms with Crippen LogP contribution < -0.4 is 10.6 Å². The lowest BCUT2D eigenvalue weighted by atomic mass is 9.93. The fourth-order valence-electron chi connectivity index (χ4n) is 2.57. The number of carbonyl (C=O) groups excluding carboxylic acids is 2. The van der Waals surface area contributed by atoms with Crippen LogP contribution in [0.5, 0.6) is 0 Å². The Morgan fingerprint density at radius 1 is 1.19 bits per heavy atom. The van der Waals surface area contributed by atoms with Crippen LogP contribution in [-0.2, 0) is 4.79 Å². The van der Waals surface area contributed by atoms with Gasteiger partial charge in [0.15, 0.2) is 0 Å². The van der Waals surface area contributed by atoms with Gasteiger partial charge >= 0.3 is 0 Å². The summed E-state index contributed by atoms with van der Waals surface area (Å²) in [4.78, 5) is 22.3. The zero-order valence-corrected chi connectivity index (χ0v) is 9.87. The van der Waals surface area contributed by atoms with Gasteiger partial charge in [0.1, 0.15) is 0 Å². The maximum absolute atomic E-state index is 11.8. The second-order valence-corrected chi connectivity index (χ2v) is 4.82. The van der Waals surface area contributed by atoms with Crippen LogP contribution in [0.2, 0.25) is 0 Å². The average molecular weight is 240 g/mol. The molecule has 2 aliphatic carbocycles. The van der Waals surface area contributed by atoms with Gasteiger partial charge in [-0.25, -0.2) is 0 Å². The van der Waals surface area contributed by atoms with E-state index in [1.165, 1.54) is 0 Å². The summed E-state index contributed by atoms with van der Waals surface area (Å²) in [7, 11) is 0. The Labute approximate surface area is 100 Å². The fraction of sp³-hybridized carbons (Fsp3) is 0.636. The highest BCUT2D eigenvalue weighted by molar-refractivity contribution is 7.96. The standard InChI is InChI=1S/C11H16N2O2S/c14-10(12-3-4-13-11(15)16)9-6-7-1-2-8(9)5-7/h1-2,7-9H,3-6H2,(H,12,14)(H2,13,15,16)/t7-,8+,9-/m0/s1. The maximum atomic E-state index is 11.8. The van der Waals surface area contributed by atoms with Crippen molar-refractivity contribution in [2.75, 3.05) is 13.1 Å². The topological polar surface area (TPSA) is 58.2 Å². The SMILES string of the molecule is O=C(S)NCCNC(=O)[C@H]1C[C@H]2C=C[C@@H]1C2. The molecule has 5 heteroatoms. The highest BCUT2D eigenvalue weighted by Crippen LogP contribution is 2.43. The molecular formula is C11H16N2O2S. The van der Waals surface area contributed by atoms with Crippen LogP contribution in [0.3, 0.4) is 0 Å². The van der Waals surface area contributed by atoms with E-state index in [1.54, 1.807) is 0 Å². The van der Waals surface area contributed by atoms with E-state index in [-0.39, 0.29) is 17.1 Å². The van der Waals surface area contributed by atoms with Crippen molar-refractivity contribution in [2.45, 2.75) is 12.8 Å². The van der Waals surface area contributed by atoms with Gasteiger partial charge in [-0.1, -0.05) is 24.8 Å². The summed E-state index contributed by atoms with van der Waals surface area (Å²) in [6, 6.07) is 0. The van der Waals surface area contributed by atoms with E-state index in [1.807, 2.05) is 0 Å². The van der Waals surface area contributed by atoms with Crippen molar-refractivity contribution in [1.29, 1.82) is 0 Å². The molecule has 2 bridgehead atoms. The van der Waals surface area contributed by atoms with Crippen LogP contribution in [0.25, 0.3) is 0 Å². The highest BCUT2D eigenvalue weighted by Gasteiger charge is 2.39. The van der Waals surface area contributed by atoms with Gasteiger partial charge < -0.3 is 10.6 Å². The van der Waals surface area contributed by atoms with E-state index < -0.39 is 0 Å². The smallest absolute Gasteiger partial charge is 0.276 e. The van der Waals surface area contributed by atoms with E-state index in [0.29, 0.717) is 24.9 Å². The van der Waals surface area contributed by atoms with Crippen LogP contribution in [0, 0.1) is 17.8 Å². The Hall–Kier alpha value is -0.970. The number of rotatable bonds is 4. The van der Waals surface area contributed by atoms with Crippen LogP contribution in [-0.4, -0.2) is 24.2 Å². The molecule has 1 fully saturated rings. The van der Waals surface area contributed by atoms with Gasteiger partial charge in [-0.3, -0.25) is 9.59 Å². The number of hydrogen-bond acceptors (Lipinski definition) is 2. The quantitative estimate of drug-likeness (QED) is 0.389. The van der Waals surface area contributed by atoms with E-state index in [0.717, 1.165) is 12.8 Å². The van der Waals surface area contributed by atoms with Crippen LogP contribution in [0.1, 0.15) is 12.8 Å². The lowest BCUT2D eigenvalue weighted by Crippen LogP contribution is -2.37. The number of carbonyl (C=O) groups is 2. The predicted molar refractivity (Wildman–Crippen MR) is 64.2 cm³/mol. The third kappa shape index (κ3) is 2.58. The number of hydrogen-bond donors (Lipinski definition) is 3. The summed E-state index contributed by atoms with van der Waals surface area (Å²) >= 11 is 3.57. The van der Waals surface area contributed by atoms with Crippen molar-refractivity contribution in [2.24, 2.45) is 17.8 Å². The summed E-state index contributed by atoms with van der Waals surface area (Å²) in [6.07, 6.45) is 6.49. The van der Waals surface area contributed by atoms with E-state index in [2.05, 4.69) is 35.4 Å². The molecule has 88 valence electrons. The van der Waals surface area contributed by atoms with Crippen molar-refractivity contribution in [3.63, 3.8) is 0 Å². The molecule has 2 amide bonds. The fourth-order valence-corrected chi connectivity index (χ4v) is 2.68. The number of nitrogens with one attached hydrogen (secondary N) is 2. The number of amides is 2. The minimum Gasteiger partial charge on any atom is -0.354 e. The average Bonchev–Trinajstić information content (AvgIpc) is 2.85. The van der Waals surface area contributed by atoms with Gasteiger partial charge in [0, 0.05) is 19.0 Å². The van der Waals surface area contributed by atoms with Gasteiger partial charge in [-0.05, 0) is 24.7 Å². The molecular weight excluding hydrogens is 224 g/mol. The van der Waals surface area contributed by atoms with Gasteiger partial charge in [-0.15, -0.1) is 0 Å². The van der Waals surface area contributed by atoms with Gasteiger partial charge in [0.2, 0.25) is 5.91 Å². The van der Waals surface area contributed by atoms with E-state index in [4.69, 9.17) is 0 Å². The molecule has 0 aromatic rings. The Bertz CT molecular complexity index is 330. The molecule has 2 aliphatic rings. The normalized spacial score (nSPS) is 30.4. The lowest BCUT2D eigenvalue weighted by Gasteiger charge is -2.17. The molecule has 0 radical (unpaired) electrons. The summed E-state index contributed by atoms with van der Waals surface area (Å²) < 4.78 is 0. The molecule has 3 atom stereocenters. The van der Waals surface area contributed by atoms with Crippen LogP contribution >= 0.6 is 12.6 Å². The zero-order chi connectivity index (χ0) is 11.5. The molecule has 4 nitrogen and oxygen atoms in total. The first-order valence-electron chi connectivity index (χ1n) is 5.59. The van der Waals surface area contributed by atoms with Crippen molar-refractivity contribution >= 4 is 23.8 Å². The third-order valence-corrected chi connectivity index (χ3v) is 3.47. The summed E-state index contributed by atoms with van der Waals surface area (Å²) in [5, 5.41) is 5.00. The van der Waals surface area contributed by atoms with E-state index in [9.17, 15) is 9.59 Å². The Morgan fingerprint density at radius 2 is 1.94 bits per heavy atom. The number of fused-ring (bicyclic) bond motifs is 2. The van der Waals surface area contributed by atoms with Gasteiger partial charge in [0.25, 0.3) is 5.24 Å². The minimum atomic E-state index is -0.364. The van der Waals surface area contributed by atoms with Crippen molar-refractivity contribution in [3.8, 4) is 0 Å². The second kappa shape index (κ2) is 4.91. The molecule has 2 rings (SSSR count). The van der Waals surface area contributed by atoms with Gasteiger partial charge in [0.05, 0.1) is 0 Å². The van der Waals surface area contributed by atoms with Crippen molar-refractivity contribution in [3.05, 3.63) is 12.2 Å². The Morgan fingerprint density at radius 3 is 2.50 bits per heavy atom. The molecule has 0 aromatic heterocycles.